The highest BCUT2D eigenvalue weighted by Crippen LogP contribution is 2.38. The van der Waals surface area contributed by atoms with E-state index in [9.17, 15) is 0 Å². The fourth-order valence-electron chi connectivity index (χ4n) is 1.86. The number of fused-ring (bicyclic) bond motifs is 1. The van der Waals surface area contributed by atoms with Crippen molar-refractivity contribution < 1.29 is 0 Å². The predicted molar refractivity (Wildman–Crippen MR) is 68.9 cm³/mol. The Bertz CT molecular complexity index is 371. The molecule has 2 rings (SSSR count). The first-order valence-electron chi connectivity index (χ1n) is 5.59. The van der Waals surface area contributed by atoms with E-state index in [-0.39, 0.29) is 0 Å². The number of nitrogens with one attached hydrogen (secondary N) is 1. The van der Waals surface area contributed by atoms with Gasteiger partial charge < -0.3 is 5.32 Å². The molecule has 0 fully saturated rings. The maximum Gasteiger partial charge on any atom is 0.0513 e. The molecule has 0 saturated carbocycles. The summed E-state index contributed by atoms with van der Waals surface area (Å²) in [5.74, 6) is 1.89. The molecule has 1 aromatic carbocycles. The van der Waals surface area contributed by atoms with Crippen molar-refractivity contribution >= 4 is 17.4 Å². The van der Waals surface area contributed by atoms with E-state index in [0.717, 1.165) is 0 Å². The van der Waals surface area contributed by atoms with Crippen molar-refractivity contribution in [3.05, 3.63) is 23.3 Å². The van der Waals surface area contributed by atoms with Crippen molar-refractivity contribution in [3.63, 3.8) is 0 Å². The van der Waals surface area contributed by atoms with E-state index in [1.54, 1.807) is 0 Å². The third-order valence-electron chi connectivity index (χ3n) is 3.25. The quantitative estimate of drug-likeness (QED) is 0.773. The Labute approximate surface area is 96.7 Å². The van der Waals surface area contributed by atoms with Crippen LogP contribution in [-0.2, 0) is 0 Å². The molecule has 82 valence electrons. The summed E-state index contributed by atoms with van der Waals surface area (Å²) < 4.78 is 0. The minimum Gasteiger partial charge on any atom is -0.380 e. The van der Waals surface area contributed by atoms with E-state index in [4.69, 9.17) is 0 Å². The Hall–Kier alpha value is -0.630. The predicted octanol–water partition coefficient (Wildman–Crippen LogP) is 3.85. The SMILES string of the molecule is Cc1ccc2c(c1C)NC(C(C)C)CS2. The lowest BCUT2D eigenvalue weighted by molar-refractivity contribution is 0.562. The molecule has 1 aliphatic heterocycles. The van der Waals surface area contributed by atoms with Gasteiger partial charge in [-0.2, -0.15) is 0 Å². The fourth-order valence-corrected chi connectivity index (χ4v) is 3.20. The molecule has 15 heavy (non-hydrogen) atoms. The zero-order valence-corrected chi connectivity index (χ0v) is 10.7. The molecule has 0 spiro atoms. The largest absolute Gasteiger partial charge is 0.380 e. The number of hydrogen-bond donors (Lipinski definition) is 1. The summed E-state index contributed by atoms with van der Waals surface area (Å²) in [6.45, 7) is 8.97. The van der Waals surface area contributed by atoms with Crippen LogP contribution in [0.3, 0.4) is 0 Å². The van der Waals surface area contributed by atoms with Crippen molar-refractivity contribution in [3.8, 4) is 0 Å². The maximum absolute atomic E-state index is 3.68. The Morgan fingerprint density at radius 1 is 1.33 bits per heavy atom. The molecule has 0 aliphatic carbocycles. The summed E-state index contributed by atoms with van der Waals surface area (Å²) in [5.41, 5.74) is 4.15. The normalized spacial score (nSPS) is 19.9. The molecular weight excluding hydrogens is 202 g/mol. The van der Waals surface area contributed by atoms with Crippen LogP contribution in [0.5, 0.6) is 0 Å². The van der Waals surface area contributed by atoms with Crippen molar-refractivity contribution in [2.24, 2.45) is 5.92 Å². The van der Waals surface area contributed by atoms with Crippen LogP contribution in [0.25, 0.3) is 0 Å². The van der Waals surface area contributed by atoms with E-state index in [1.165, 1.54) is 27.5 Å². The van der Waals surface area contributed by atoms with Crippen LogP contribution in [-0.4, -0.2) is 11.8 Å². The molecule has 2 heteroatoms. The highest BCUT2D eigenvalue weighted by molar-refractivity contribution is 7.99. The first kappa shape index (κ1) is 10.9. The van der Waals surface area contributed by atoms with Gasteiger partial charge in [0.05, 0.1) is 5.69 Å². The van der Waals surface area contributed by atoms with Crippen molar-refractivity contribution in [1.29, 1.82) is 0 Å². The van der Waals surface area contributed by atoms with Gasteiger partial charge in [-0.15, -0.1) is 11.8 Å². The molecule has 0 amide bonds. The van der Waals surface area contributed by atoms with Gasteiger partial charge in [0.15, 0.2) is 0 Å². The summed E-state index contributed by atoms with van der Waals surface area (Å²) in [6, 6.07) is 5.08. The second-order valence-electron chi connectivity index (χ2n) is 4.69. The van der Waals surface area contributed by atoms with Gasteiger partial charge in [-0.1, -0.05) is 19.9 Å². The van der Waals surface area contributed by atoms with E-state index in [0.29, 0.717) is 12.0 Å². The molecule has 0 radical (unpaired) electrons. The lowest BCUT2D eigenvalue weighted by Crippen LogP contribution is -2.31. The molecule has 1 aromatic rings. The number of aryl methyl sites for hydroxylation is 1. The first-order chi connectivity index (χ1) is 7.09. The lowest BCUT2D eigenvalue weighted by Gasteiger charge is -2.31. The average Bonchev–Trinajstić information content (AvgIpc) is 2.23. The number of benzene rings is 1. The Morgan fingerprint density at radius 3 is 2.73 bits per heavy atom. The monoisotopic (exact) mass is 221 g/mol. The highest BCUT2D eigenvalue weighted by Gasteiger charge is 2.22. The van der Waals surface area contributed by atoms with Gasteiger partial charge in [0.1, 0.15) is 0 Å². The van der Waals surface area contributed by atoms with E-state index < -0.39 is 0 Å². The van der Waals surface area contributed by atoms with Crippen molar-refractivity contribution in [1.82, 2.24) is 0 Å². The average molecular weight is 221 g/mol. The summed E-state index contributed by atoms with van der Waals surface area (Å²) in [4.78, 5) is 1.41. The number of rotatable bonds is 1. The first-order valence-corrected chi connectivity index (χ1v) is 6.57. The highest BCUT2D eigenvalue weighted by atomic mass is 32.2. The van der Waals surface area contributed by atoms with Gasteiger partial charge >= 0.3 is 0 Å². The maximum atomic E-state index is 3.68. The Kier molecular flexibility index (Phi) is 2.96. The van der Waals surface area contributed by atoms with Gasteiger partial charge in [0.2, 0.25) is 0 Å². The van der Waals surface area contributed by atoms with Gasteiger partial charge in [-0.25, -0.2) is 0 Å². The summed E-state index contributed by atoms with van der Waals surface area (Å²) in [7, 11) is 0. The van der Waals surface area contributed by atoms with Crippen LogP contribution in [0.2, 0.25) is 0 Å². The lowest BCUT2D eigenvalue weighted by atomic mass is 10.0. The topological polar surface area (TPSA) is 12.0 Å². The molecule has 1 heterocycles. The summed E-state index contributed by atoms with van der Waals surface area (Å²) in [6.07, 6.45) is 0. The van der Waals surface area contributed by atoms with Gasteiger partial charge in [0, 0.05) is 16.7 Å². The smallest absolute Gasteiger partial charge is 0.0513 e. The fraction of sp³-hybridized carbons (Fsp3) is 0.538. The van der Waals surface area contributed by atoms with E-state index in [2.05, 4.69) is 45.1 Å². The number of hydrogen-bond acceptors (Lipinski definition) is 2. The van der Waals surface area contributed by atoms with Crippen molar-refractivity contribution in [2.45, 2.75) is 38.6 Å². The molecule has 1 aliphatic rings. The Morgan fingerprint density at radius 2 is 2.07 bits per heavy atom. The number of anilines is 1. The van der Waals surface area contributed by atoms with Crippen molar-refractivity contribution in [2.75, 3.05) is 11.1 Å². The van der Waals surface area contributed by atoms with E-state index >= 15 is 0 Å². The second kappa shape index (κ2) is 4.09. The van der Waals surface area contributed by atoms with Crippen LogP contribution < -0.4 is 5.32 Å². The molecular formula is C13H19NS. The molecule has 1 N–H and O–H groups in total. The number of thioether (sulfide) groups is 1. The molecule has 1 nitrogen and oxygen atoms in total. The Balaban J connectivity index is 2.35. The summed E-state index contributed by atoms with van der Waals surface area (Å²) >= 11 is 1.99. The molecule has 1 atom stereocenters. The molecule has 1 unspecified atom stereocenters. The van der Waals surface area contributed by atoms with Crippen LogP contribution in [0, 0.1) is 19.8 Å². The van der Waals surface area contributed by atoms with Crippen LogP contribution >= 0.6 is 11.8 Å². The van der Waals surface area contributed by atoms with Gasteiger partial charge in [-0.05, 0) is 37.0 Å². The third kappa shape index (κ3) is 2.00. The molecule has 0 saturated heterocycles. The minimum absolute atomic E-state index is 0.614. The van der Waals surface area contributed by atoms with Crippen LogP contribution in [0.15, 0.2) is 17.0 Å². The second-order valence-corrected chi connectivity index (χ2v) is 5.75. The van der Waals surface area contributed by atoms with Crippen LogP contribution in [0.1, 0.15) is 25.0 Å². The zero-order valence-electron chi connectivity index (χ0n) is 9.92. The minimum atomic E-state index is 0.614. The van der Waals surface area contributed by atoms with Crippen LogP contribution in [0.4, 0.5) is 5.69 Å². The van der Waals surface area contributed by atoms with E-state index in [1.807, 2.05) is 11.8 Å². The third-order valence-corrected chi connectivity index (χ3v) is 4.43. The zero-order chi connectivity index (χ0) is 11.0. The van der Waals surface area contributed by atoms with Gasteiger partial charge in [-0.3, -0.25) is 0 Å². The molecule has 0 bridgehead atoms. The molecule has 0 aromatic heterocycles. The summed E-state index contributed by atoms with van der Waals surface area (Å²) in [5, 5.41) is 3.68. The van der Waals surface area contributed by atoms with Gasteiger partial charge in [0.25, 0.3) is 0 Å². The standard InChI is InChI=1S/C13H19NS/c1-8(2)11-7-15-12-6-5-9(3)10(4)13(12)14-11/h5-6,8,11,14H,7H2,1-4H3.